The van der Waals surface area contributed by atoms with E-state index in [0.717, 1.165) is 42.6 Å². The van der Waals surface area contributed by atoms with Crippen molar-refractivity contribution in [3.63, 3.8) is 0 Å². The molecule has 1 unspecified atom stereocenters. The molecule has 0 aromatic heterocycles. The maximum Gasteiger partial charge on any atom is 0.165 e. The molecule has 138 valence electrons. The smallest absolute Gasteiger partial charge is 0.165 e. The number of hydrogen-bond acceptors (Lipinski definition) is 3. The number of allylic oxidation sites excluding steroid dienone is 7. The van der Waals surface area contributed by atoms with Crippen molar-refractivity contribution in [2.24, 2.45) is 5.92 Å². The molecule has 0 fully saturated rings. The van der Waals surface area contributed by atoms with Crippen LogP contribution in [0.15, 0.2) is 65.4 Å². The van der Waals surface area contributed by atoms with Gasteiger partial charge in [-0.15, -0.1) is 0 Å². The van der Waals surface area contributed by atoms with Crippen LogP contribution < -0.4 is 10.2 Å². The fourth-order valence-corrected chi connectivity index (χ4v) is 3.57. The Bertz CT molecular complexity index is 755. The van der Waals surface area contributed by atoms with Gasteiger partial charge in [0.05, 0.1) is 0 Å². The summed E-state index contributed by atoms with van der Waals surface area (Å²) in [5.74, 6) is 1.14. The fraction of sp³-hybridized carbons (Fsp3) is 0.391. The summed E-state index contributed by atoms with van der Waals surface area (Å²) in [6.07, 6.45) is 17.9. The van der Waals surface area contributed by atoms with Crippen LogP contribution in [-0.2, 0) is 6.42 Å². The summed E-state index contributed by atoms with van der Waals surface area (Å²) in [4.78, 5) is 4.46. The molecule has 0 heterocycles. The van der Waals surface area contributed by atoms with Crippen LogP contribution in [0.2, 0.25) is 0 Å². The van der Waals surface area contributed by atoms with Crippen molar-refractivity contribution < 1.29 is 10.1 Å². The van der Waals surface area contributed by atoms with Crippen molar-refractivity contribution in [1.82, 2.24) is 0 Å². The second-order valence-corrected chi connectivity index (χ2v) is 7.35. The Balaban J connectivity index is 1.76. The van der Waals surface area contributed by atoms with Gasteiger partial charge >= 0.3 is 0 Å². The lowest BCUT2D eigenvalue weighted by molar-refractivity contribution is -0.137. The van der Waals surface area contributed by atoms with Crippen molar-refractivity contribution in [1.29, 1.82) is 0 Å². The van der Waals surface area contributed by atoms with Crippen LogP contribution >= 0.6 is 0 Å². The van der Waals surface area contributed by atoms with Gasteiger partial charge in [0.1, 0.15) is 0 Å². The van der Waals surface area contributed by atoms with Gasteiger partial charge in [-0.05, 0) is 74.8 Å². The highest BCUT2D eigenvalue weighted by molar-refractivity contribution is 5.60. The minimum absolute atomic E-state index is 0.477. The SMILES string of the molecule is CCCC1C=CC(Nc2ccc(OO)cc2CC2=CC=C(C)CC2)=CC1. The second kappa shape index (κ2) is 8.91. The Morgan fingerprint density at radius 1 is 1.23 bits per heavy atom. The highest BCUT2D eigenvalue weighted by Gasteiger charge is 2.12. The summed E-state index contributed by atoms with van der Waals surface area (Å²) >= 11 is 0. The molecule has 0 aliphatic heterocycles. The summed E-state index contributed by atoms with van der Waals surface area (Å²) in [5, 5.41) is 12.6. The van der Waals surface area contributed by atoms with E-state index in [0.29, 0.717) is 11.7 Å². The summed E-state index contributed by atoms with van der Waals surface area (Å²) < 4.78 is 0. The van der Waals surface area contributed by atoms with Crippen LogP contribution in [0.5, 0.6) is 5.75 Å². The highest BCUT2D eigenvalue weighted by atomic mass is 17.1. The zero-order valence-electron chi connectivity index (χ0n) is 15.8. The summed E-state index contributed by atoms with van der Waals surface area (Å²) in [6.45, 7) is 4.41. The first-order chi connectivity index (χ1) is 12.7. The van der Waals surface area contributed by atoms with Crippen LogP contribution in [0.3, 0.4) is 0 Å². The molecule has 1 aromatic carbocycles. The third kappa shape index (κ3) is 4.89. The lowest BCUT2D eigenvalue weighted by atomic mass is 9.93. The molecule has 0 radical (unpaired) electrons. The summed E-state index contributed by atoms with van der Waals surface area (Å²) in [6, 6.07) is 5.69. The van der Waals surface area contributed by atoms with Gasteiger partial charge in [-0.3, -0.25) is 0 Å². The third-order valence-corrected chi connectivity index (χ3v) is 5.17. The Hall–Kier alpha value is -2.26. The number of nitrogens with one attached hydrogen (secondary N) is 1. The molecule has 2 aliphatic rings. The standard InChI is InChI=1S/C23H29NO2/c1-3-4-18-9-11-21(12-10-18)24-23-14-13-22(26-25)16-20(23)15-19-7-5-17(2)6-8-19/h5,7,9,11-14,16,18,24-25H,3-4,6,8,10,15H2,1-2H3. The van der Waals surface area contributed by atoms with E-state index in [1.807, 2.05) is 12.1 Å². The molecular formula is C23H29NO2. The molecule has 1 aromatic rings. The van der Waals surface area contributed by atoms with E-state index in [1.165, 1.54) is 24.0 Å². The number of benzene rings is 1. The average molecular weight is 351 g/mol. The fourth-order valence-electron chi connectivity index (χ4n) is 3.57. The van der Waals surface area contributed by atoms with Gasteiger partial charge in [0.2, 0.25) is 0 Å². The van der Waals surface area contributed by atoms with E-state index in [-0.39, 0.29) is 0 Å². The van der Waals surface area contributed by atoms with E-state index in [2.05, 4.69) is 54.4 Å². The monoisotopic (exact) mass is 351 g/mol. The molecule has 3 heteroatoms. The molecule has 3 nitrogen and oxygen atoms in total. The largest absolute Gasteiger partial charge is 0.356 e. The van der Waals surface area contributed by atoms with Gasteiger partial charge in [-0.25, -0.2) is 5.26 Å². The Morgan fingerprint density at radius 2 is 2.12 bits per heavy atom. The maximum atomic E-state index is 9.03. The molecule has 26 heavy (non-hydrogen) atoms. The predicted octanol–water partition coefficient (Wildman–Crippen LogP) is 6.42. The van der Waals surface area contributed by atoms with Crippen LogP contribution in [0.4, 0.5) is 5.69 Å². The van der Waals surface area contributed by atoms with Gasteiger partial charge in [0.25, 0.3) is 0 Å². The highest BCUT2D eigenvalue weighted by Crippen LogP contribution is 2.30. The molecule has 2 aliphatic carbocycles. The minimum Gasteiger partial charge on any atom is -0.356 e. The van der Waals surface area contributed by atoms with Crippen molar-refractivity contribution in [2.75, 3.05) is 5.32 Å². The van der Waals surface area contributed by atoms with Crippen molar-refractivity contribution in [3.05, 3.63) is 71.0 Å². The zero-order chi connectivity index (χ0) is 18.4. The quantitative estimate of drug-likeness (QED) is 0.440. The molecule has 3 rings (SSSR count). The molecule has 0 amide bonds. The van der Waals surface area contributed by atoms with E-state index >= 15 is 0 Å². The molecule has 0 saturated carbocycles. The maximum absolute atomic E-state index is 9.03. The van der Waals surface area contributed by atoms with Crippen LogP contribution in [-0.4, -0.2) is 5.26 Å². The predicted molar refractivity (Wildman–Crippen MR) is 108 cm³/mol. The van der Waals surface area contributed by atoms with E-state index in [4.69, 9.17) is 5.26 Å². The summed E-state index contributed by atoms with van der Waals surface area (Å²) in [7, 11) is 0. The van der Waals surface area contributed by atoms with Crippen LogP contribution in [0.25, 0.3) is 0 Å². The molecule has 0 spiro atoms. The average Bonchev–Trinajstić information content (AvgIpc) is 2.66. The minimum atomic E-state index is 0.477. The lowest BCUT2D eigenvalue weighted by Gasteiger charge is -2.20. The summed E-state index contributed by atoms with van der Waals surface area (Å²) in [5.41, 5.74) is 6.19. The lowest BCUT2D eigenvalue weighted by Crippen LogP contribution is -2.07. The van der Waals surface area contributed by atoms with Crippen LogP contribution in [0.1, 0.15) is 51.5 Å². The van der Waals surface area contributed by atoms with Crippen molar-refractivity contribution in [2.45, 2.75) is 52.4 Å². The number of rotatable bonds is 7. The second-order valence-electron chi connectivity index (χ2n) is 7.35. The van der Waals surface area contributed by atoms with E-state index in [1.54, 1.807) is 6.07 Å². The Kier molecular flexibility index (Phi) is 6.35. The number of anilines is 1. The molecule has 2 N–H and O–H groups in total. The van der Waals surface area contributed by atoms with E-state index < -0.39 is 0 Å². The van der Waals surface area contributed by atoms with Gasteiger partial charge in [-0.1, -0.05) is 48.8 Å². The third-order valence-electron chi connectivity index (χ3n) is 5.17. The van der Waals surface area contributed by atoms with Gasteiger partial charge in [0.15, 0.2) is 5.75 Å². The van der Waals surface area contributed by atoms with Gasteiger partial charge in [0, 0.05) is 11.4 Å². The van der Waals surface area contributed by atoms with E-state index in [9.17, 15) is 0 Å². The van der Waals surface area contributed by atoms with Crippen molar-refractivity contribution in [3.8, 4) is 5.75 Å². The first-order valence-electron chi connectivity index (χ1n) is 9.63. The first-order valence-corrected chi connectivity index (χ1v) is 9.63. The van der Waals surface area contributed by atoms with Crippen molar-refractivity contribution >= 4 is 5.69 Å². The van der Waals surface area contributed by atoms with Crippen LogP contribution in [0, 0.1) is 5.92 Å². The Morgan fingerprint density at radius 3 is 2.77 bits per heavy atom. The van der Waals surface area contributed by atoms with Gasteiger partial charge < -0.3 is 10.2 Å². The molecular weight excluding hydrogens is 322 g/mol. The molecule has 0 bridgehead atoms. The van der Waals surface area contributed by atoms with Gasteiger partial charge in [-0.2, -0.15) is 0 Å². The first kappa shape index (κ1) is 18.5. The topological polar surface area (TPSA) is 41.5 Å². The Labute approximate surface area is 156 Å². The zero-order valence-corrected chi connectivity index (χ0v) is 15.8. The number of hydrogen-bond donors (Lipinski definition) is 2. The molecule has 1 atom stereocenters. The molecule has 0 saturated heterocycles. The normalized spacial score (nSPS) is 19.5.